The summed E-state index contributed by atoms with van der Waals surface area (Å²) < 4.78 is 0. The Kier molecular flexibility index (Phi) is 3.45. The first kappa shape index (κ1) is 12.9. The van der Waals surface area contributed by atoms with E-state index in [1.165, 1.54) is 12.8 Å². The Morgan fingerprint density at radius 1 is 1.53 bits per heavy atom. The third-order valence-corrected chi connectivity index (χ3v) is 5.02. The minimum Gasteiger partial charge on any atom is -0.481 e. The Labute approximate surface area is 116 Å². The van der Waals surface area contributed by atoms with Crippen LogP contribution in [0.3, 0.4) is 0 Å². The van der Waals surface area contributed by atoms with Gasteiger partial charge in [0.2, 0.25) is 0 Å². The largest absolute Gasteiger partial charge is 0.481 e. The summed E-state index contributed by atoms with van der Waals surface area (Å²) in [5, 5.41) is 13.3. The lowest BCUT2D eigenvalue weighted by atomic mass is 10.1. The van der Waals surface area contributed by atoms with Gasteiger partial charge in [0.15, 0.2) is 5.13 Å². The zero-order valence-electron chi connectivity index (χ0n) is 11.1. The van der Waals surface area contributed by atoms with Crippen LogP contribution in [0, 0.1) is 0 Å². The van der Waals surface area contributed by atoms with Crippen molar-refractivity contribution in [1.29, 1.82) is 0 Å². The highest BCUT2D eigenvalue weighted by atomic mass is 32.1. The van der Waals surface area contributed by atoms with Gasteiger partial charge in [0.1, 0.15) is 5.92 Å². The van der Waals surface area contributed by atoms with Gasteiger partial charge in [-0.3, -0.25) is 4.79 Å². The molecule has 0 spiro atoms. The van der Waals surface area contributed by atoms with Crippen molar-refractivity contribution < 1.29 is 9.90 Å². The molecule has 0 amide bonds. The first-order valence-corrected chi connectivity index (χ1v) is 7.63. The molecule has 1 aromatic heterocycles. The SMILES string of the molecule is CN(CCNc1nc2c(s1)CCC2C(=O)O)C1CC1. The van der Waals surface area contributed by atoms with Crippen LogP contribution in [0.25, 0.3) is 0 Å². The molecule has 1 saturated carbocycles. The Balaban J connectivity index is 1.55. The maximum atomic E-state index is 11.1. The van der Waals surface area contributed by atoms with Crippen LogP contribution in [0.5, 0.6) is 0 Å². The van der Waals surface area contributed by atoms with Crippen molar-refractivity contribution in [2.45, 2.75) is 37.6 Å². The summed E-state index contributed by atoms with van der Waals surface area (Å²) in [5.74, 6) is -1.14. The number of aryl methyl sites for hydroxylation is 1. The highest BCUT2D eigenvalue weighted by Crippen LogP contribution is 2.38. The highest BCUT2D eigenvalue weighted by Gasteiger charge is 2.32. The standard InChI is InChI=1S/C13H19N3O2S/c1-16(8-2-3-8)7-6-14-13-15-11-9(12(17)18)4-5-10(11)19-13/h8-9H,2-7H2,1H3,(H,14,15)(H,17,18). The molecule has 1 unspecified atom stereocenters. The minimum absolute atomic E-state index is 0.393. The molecule has 0 radical (unpaired) electrons. The van der Waals surface area contributed by atoms with Gasteiger partial charge in [0, 0.05) is 24.0 Å². The number of anilines is 1. The minimum atomic E-state index is -0.746. The molecule has 0 aliphatic heterocycles. The molecule has 0 bridgehead atoms. The van der Waals surface area contributed by atoms with Crippen molar-refractivity contribution in [2.24, 2.45) is 0 Å². The number of thiazole rings is 1. The number of nitrogens with one attached hydrogen (secondary N) is 1. The molecule has 1 atom stereocenters. The average molecular weight is 281 g/mol. The molecule has 0 saturated heterocycles. The first-order valence-electron chi connectivity index (χ1n) is 6.81. The molecular formula is C13H19N3O2S. The Bertz CT molecular complexity index is 484. The van der Waals surface area contributed by atoms with Crippen LogP contribution in [0.2, 0.25) is 0 Å². The van der Waals surface area contributed by atoms with Gasteiger partial charge in [-0.25, -0.2) is 4.98 Å². The molecule has 5 nitrogen and oxygen atoms in total. The van der Waals surface area contributed by atoms with E-state index in [1.807, 2.05) is 0 Å². The number of aliphatic carboxylic acids is 1. The van der Waals surface area contributed by atoms with E-state index in [9.17, 15) is 4.79 Å². The summed E-state index contributed by atoms with van der Waals surface area (Å²) in [6.45, 7) is 1.88. The van der Waals surface area contributed by atoms with Crippen LogP contribution >= 0.6 is 11.3 Å². The number of nitrogens with zero attached hydrogens (tertiary/aromatic N) is 2. The second-order valence-corrected chi connectivity index (χ2v) is 6.48. The maximum Gasteiger partial charge on any atom is 0.312 e. The van der Waals surface area contributed by atoms with Crippen LogP contribution in [-0.4, -0.2) is 47.1 Å². The predicted octanol–water partition coefficient (Wildman–Crippen LogP) is 1.76. The van der Waals surface area contributed by atoms with E-state index < -0.39 is 11.9 Å². The summed E-state index contributed by atoms with van der Waals surface area (Å²) >= 11 is 1.61. The zero-order chi connectivity index (χ0) is 13.4. The van der Waals surface area contributed by atoms with E-state index in [-0.39, 0.29) is 0 Å². The molecule has 1 fully saturated rings. The van der Waals surface area contributed by atoms with Crippen LogP contribution in [0.4, 0.5) is 5.13 Å². The molecule has 104 valence electrons. The van der Waals surface area contributed by atoms with Crippen LogP contribution in [0.15, 0.2) is 0 Å². The quantitative estimate of drug-likeness (QED) is 0.832. The molecule has 19 heavy (non-hydrogen) atoms. The Morgan fingerprint density at radius 2 is 2.32 bits per heavy atom. The van der Waals surface area contributed by atoms with Gasteiger partial charge >= 0.3 is 5.97 Å². The number of carboxylic acids is 1. The van der Waals surface area contributed by atoms with E-state index in [2.05, 4.69) is 22.2 Å². The van der Waals surface area contributed by atoms with Crippen LogP contribution in [0.1, 0.15) is 35.8 Å². The van der Waals surface area contributed by atoms with E-state index in [1.54, 1.807) is 11.3 Å². The van der Waals surface area contributed by atoms with Crippen LogP contribution in [-0.2, 0) is 11.2 Å². The lowest BCUT2D eigenvalue weighted by Crippen LogP contribution is -2.27. The number of likely N-dealkylation sites (N-methyl/N-ethyl adjacent to an activating group) is 1. The van der Waals surface area contributed by atoms with E-state index in [0.29, 0.717) is 6.42 Å². The summed E-state index contributed by atoms with van der Waals surface area (Å²) in [5.41, 5.74) is 0.788. The Hall–Kier alpha value is -1.14. The Morgan fingerprint density at radius 3 is 3.00 bits per heavy atom. The van der Waals surface area contributed by atoms with Gasteiger partial charge in [-0.05, 0) is 32.7 Å². The van der Waals surface area contributed by atoms with E-state index in [0.717, 1.165) is 41.3 Å². The van der Waals surface area contributed by atoms with Crippen molar-refractivity contribution in [3.63, 3.8) is 0 Å². The topological polar surface area (TPSA) is 65.5 Å². The van der Waals surface area contributed by atoms with Gasteiger partial charge in [-0.1, -0.05) is 0 Å². The first-order chi connectivity index (χ1) is 9.15. The van der Waals surface area contributed by atoms with Crippen molar-refractivity contribution in [3.8, 4) is 0 Å². The molecule has 1 aromatic rings. The highest BCUT2D eigenvalue weighted by molar-refractivity contribution is 7.15. The molecule has 2 aliphatic rings. The normalized spacial score (nSPS) is 21.7. The fourth-order valence-electron chi connectivity index (χ4n) is 2.58. The monoisotopic (exact) mass is 281 g/mol. The van der Waals surface area contributed by atoms with E-state index >= 15 is 0 Å². The number of carboxylic acid groups (broad SMARTS) is 1. The fraction of sp³-hybridized carbons (Fsp3) is 0.692. The summed E-state index contributed by atoms with van der Waals surface area (Å²) in [6, 6.07) is 0.777. The molecule has 6 heteroatoms. The van der Waals surface area contributed by atoms with Crippen molar-refractivity contribution in [2.75, 3.05) is 25.5 Å². The lowest BCUT2D eigenvalue weighted by Gasteiger charge is -2.15. The number of fused-ring (bicyclic) bond motifs is 1. The number of hydrogen-bond donors (Lipinski definition) is 2. The molecule has 2 aliphatic carbocycles. The molecule has 2 N–H and O–H groups in total. The third-order valence-electron chi connectivity index (χ3n) is 3.93. The smallest absolute Gasteiger partial charge is 0.312 e. The molecular weight excluding hydrogens is 262 g/mol. The van der Waals surface area contributed by atoms with Crippen LogP contribution < -0.4 is 5.32 Å². The van der Waals surface area contributed by atoms with Crippen molar-refractivity contribution >= 4 is 22.4 Å². The van der Waals surface area contributed by atoms with Gasteiger partial charge in [0.05, 0.1) is 5.69 Å². The maximum absolute atomic E-state index is 11.1. The second-order valence-electron chi connectivity index (χ2n) is 5.40. The number of aromatic nitrogens is 1. The zero-order valence-corrected chi connectivity index (χ0v) is 11.9. The average Bonchev–Trinajstić information content (AvgIpc) is 3.02. The van der Waals surface area contributed by atoms with E-state index in [4.69, 9.17) is 5.11 Å². The molecule has 0 aromatic carbocycles. The predicted molar refractivity (Wildman–Crippen MR) is 75.0 cm³/mol. The number of rotatable bonds is 6. The summed E-state index contributed by atoms with van der Waals surface area (Å²) in [6.07, 6.45) is 4.20. The summed E-state index contributed by atoms with van der Waals surface area (Å²) in [4.78, 5) is 19.1. The van der Waals surface area contributed by atoms with Crippen molar-refractivity contribution in [3.05, 3.63) is 10.6 Å². The number of hydrogen-bond acceptors (Lipinski definition) is 5. The molecule has 3 rings (SSSR count). The van der Waals surface area contributed by atoms with Gasteiger partial charge in [0.25, 0.3) is 0 Å². The lowest BCUT2D eigenvalue weighted by molar-refractivity contribution is -0.138. The van der Waals surface area contributed by atoms with Gasteiger partial charge in [-0.15, -0.1) is 11.3 Å². The summed E-state index contributed by atoms with van der Waals surface area (Å²) in [7, 11) is 2.15. The van der Waals surface area contributed by atoms with Crippen molar-refractivity contribution in [1.82, 2.24) is 9.88 Å². The van der Waals surface area contributed by atoms with Gasteiger partial charge < -0.3 is 15.3 Å². The third kappa shape index (κ3) is 2.74. The van der Waals surface area contributed by atoms with Gasteiger partial charge in [-0.2, -0.15) is 0 Å². The second kappa shape index (κ2) is 5.09. The number of carbonyl (C=O) groups is 1. The molecule has 1 heterocycles. The fourth-order valence-corrected chi connectivity index (χ4v) is 3.64.